The number of piperazine rings is 1. The first-order chi connectivity index (χ1) is 11.8. The number of methoxy groups -OCH3 is 1. The molecule has 0 N–H and O–H groups in total. The average Bonchev–Trinajstić information content (AvgIpc) is 2.90. The van der Waals surface area contributed by atoms with Crippen LogP contribution in [0.3, 0.4) is 0 Å². The normalized spacial score (nSPS) is 16.4. The van der Waals surface area contributed by atoms with Crippen LogP contribution in [0.1, 0.15) is 28.2 Å². The summed E-state index contributed by atoms with van der Waals surface area (Å²) in [5.74, 6) is 0.121. The summed E-state index contributed by atoms with van der Waals surface area (Å²) < 4.78 is 30.6. The summed E-state index contributed by atoms with van der Waals surface area (Å²) in [6, 6.07) is 2.20. The molecule has 1 saturated heterocycles. The van der Waals surface area contributed by atoms with Gasteiger partial charge in [-0.05, 0) is 38.3 Å². The van der Waals surface area contributed by atoms with E-state index in [4.69, 9.17) is 4.74 Å². The van der Waals surface area contributed by atoms with E-state index in [-0.39, 0.29) is 18.3 Å². The lowest BCUT2D eigenvalue weighted by Crippen LogP contribution is -2.51. The molecule has 0 aromatic carbocycles. The molecule has 142 valence electrons. The molecule has 25 heavy (non-hydrogen) atoms. The third kappa shape index (κ3) is 5.77. The monoisotopic (exact) mass is 388 g/mol. The van der Waals surface area contributed by atoms with Gasteiger partial charge in [-0.15, -0.1) is 11.3 Å². The van der Waals surface area contributed by atoms with E-state index in [1.807, 2.05) is 0 Å². The lowest BCUT2D eigenvalue weighted by atomic mass is 10.1. The Kier molecular flexibility index (Phi) is 7.42. The van der Waals surface area contributed by atoms with Crippen LogP contribution >= 0.6 is 11.3 Å². The number of rotatable bonds is 8. The van der Waals surface area contributed by atoms with Crippen molar-refractivity contribution >= 4 is 27.3 Å². The number of aryl methyl sites for hydroxylation is 3. The second-order valence-electron chi connectivity index (χ2n) is 6.38. The van der Waals surface area contributed by atoms with Gasteiger partial charge in [-0.2, -0.15) is 4.31 Å². The number of carbonyl (C=O) groups excluding carboxylic acids is 1. The number of nitrogens with zero attached hydrogens (tertiary/aromatic N) is 2. The first-order valence-electron chi connectivity index (χ1n) is 8.64. The van der Waals surface area contributed by atoms with Crippen LogP contribution in [0.2, 0.25) is 0 Å². The summed E-state index contributed by atoms with van der Waals surface area (Å²) in [6.45, 7) is 6.12. The molecule has 0 saturated carbocycles. The molecule has 0 radical (unpaired) electrons. The van der Waals surface area contributed by atoms with E-state index in [2.05, 4.69) is 19.9 Å². The van der Waals surface area contributed by atoms with Crippen LogP contribution < -0.4 is 0 Å². The van der Waals surface area contributed by atoms with Crippen molar-refractivity contribution in [2.45, 2.75) is 33.1 Å². The van der Waals surface area contributed by atoms with Gasteiger partial charge in [-0.25, -0.2) is 8.42 Å². The van der Waals surface area contributed by atoms with Crippen LogP contribution in [0.15, 0.2) is 6.07 Å². The van der Waals surface area contributed by atoms with Crippen molar-refractivity contribution in [2.24, 2.45) is 0 Å². The van der Waals surface area contributed by atoms with Crippen molar-refractivity contribution in [3.8, 4) is 0 Å². The number of sulfonamides is 1. The molecule has 0 atom stereocenters. The fourth-order valence-electron chi connectivity index (χ4n) is 3.05. The number of ether oxygens (including phenoxy) is 1. The van der Waals surface area contributed by atoms with E-state index in [1.165, 1.54) is 26.7 Å². The lowest BCUT2D eigenvalue weighted by Gasteiger charge is -2.34. The van der Waals surface area contributed by atoms with Crippen molar-refractivity contribution in [1.82, 2.24) is 9.21 Å². The van der Waals surface area contributed by atoms with Gasteiger partial charge in [0.2, 0.25) is 15.9 Å². The molecule has 8 heteroatoms. The predicted octanol–water partition coefficient (Wildman–Crippen LogP) is 1.81. The second kappa shape index (κ2) is 9.12. The minimum Gasteiger partial charge on any atom is -0.384 e. The zero-order chi connectivity index (χ0) is 18.4. The fourth-order valence-corrected chi connectivity index (χ4v) is 5.38. The SMILES string of the molecule is COCCS(=O)(=O)N1CCN(C(=O)CCCc2cc(C)sc2C)CC1. The maximum atomic E-state index is 12.3. The quantitative estimate of drug-likeness (QED) is 0.681. The molecule has 0 bridgehead atoms. The predicted molar refractivity (Wildman–Crippen MR) is 101 cm³/mol. The number of amides is 1. The van der Waals surface area contributed by atoms with Gasteiger partial charge in [0.05, 0.1) is 12.4 Å². The van der Waals surface area contributed by atoms with Gasteiger partial charge in [0.15, 0.2) is 0 Å². The smallest absolute Gasteiger partial charge is 0.222 e. The van der Waals surface area contributed by atoms with E-state index in [9.17, 15) is 13.2 Å². The van der Waals surface area contributed by atoms with E-state index >= 15 is 0 Å². The highest BCUT2D eigenvalue weighted by molar-refractivity contribution is 7.89. The van der Waals surface area contributed by atoms with Crippen molar-refractivity contribution < 1.29 is 17.9 Å². The molecule has 2 rings (SSSR count). The molecule has 1 amide bonds. The molecular weight excluding hydrogens is 360 g/mol. The van der Waals surface area contributed by atoms with E-state index in [0.29, 0.717) is 32.6 Å². The Labute approximate surface area is 154 Å². The lowest BCUT2D eigenvalue weighted by molar-refractivity contribution is -0.132. The number of thiophene rings is 1. The van der Waals surface area contributed by atoms with Crippen LogP contribution in [0.4, 0.5) is 0 Å². The van der Waals surface area contributed by atoms with Crippen molar-refractivity contribution in [2.75, 3.05) is 45.6 Å². The Morgan fingerprint density at radius 1 is 1.24 bits per heavy atom. The molecule has 1 aromatic heterocycles. The summed E-state index contributed by atoms with van der Waals surface area (Å²) >= 11 is 1.80. The number of hydrogen-bond acceptors (Lipinski definition) is 5. The topological polar surface area (TPSA) is 66.9 Å². The van der Waals surface area contributed by atoms with Gasteiger partial charge in [0.1, 0.15) is 0 Å². The summed E-state index contributed by atoms with van der Waals surface area (Å²) in [5.41, 5.74) is 1.34. The van der Waals surface area contributed by atoms with Crippen LogP contribution in [0, 0.1) is 13.8 Å². The van der Waals surface area contributed by atoms with Gasteiger partial charge >= 0.3 is 0 Å². The van der Waals surface area contributed by atoms with Crippen LogP contribution in [-0.2, 0) is 26.0 Å². The maximum Gasteiger partial charge on any atom is 0.222 e. The van der Waals surface area contributed by atoms with Crippen molar-refractivity contribution in [3.63, 3.8) is 0 Å². The minimum atomic E-state index is -3.28. The van der Waals surface area contributed by atoms with Gasteiger partial charge in [-0.1, -0.05) is 0 Å². The summed E-state index contributed by atoms with van der Waals surface area (Å²) in [7, 11) is -1.79. The first-order valence-corrected chi connectivity index (χ1v) is 11.1. The Hall–Kier alpha value is -0.960. The summed E-state index contributed by atoms with van der Waals surface area (Å²) in [4.78, 5) is 16.8. The molecule has 1 aromatic rings. The Bertz CT molecular complexity index is 677. The highest BCUT2D eigenvalue weighted by Gasteiger charge is 2.28. The first kappa shape index (κ1) is 20.4. The molecule has 1 fully saturated rings. The van der Waals surface area contributed by atoms with E-state index < -0.39 is 10.0 Å². The number of carbonyl (C=O) groups is 1. The Morgan fingerprint density at radius 2 is 1.92 bits per heavy atom. The Morgan fingerprint density at radius 3 is 2.48 bits per heavy atom. The third-order valence-electron chi connectivity index (χ3n) is 4.51. The van der Waals surface area contributed by atoms with Crippen molar-refractivity contribution in [1.29, 1.82) is 0 Å². The van der Waals surface area contributed by atoms with Gasteiger partial charge in [0.25, 0.3) is 0 Å². The van der Waals surface area contributed by atoms with Gasteiger partial charge < -0.3 is 9.64 Å². The highest BCUT2D eigenvalue weighted by atomic mass is 32.2. The van der Waals surface area contributed by atoms with Crippen LogP contribution in [0.5, 0.6) is 0 Å². The van der Waals surface area contributed by atoms with E-state index in [0.717, 1.165) is 12.8 Å². The average molecular weight is 389 g/mol. The summed E-state index contributed by atoms with van der Waals surface area (Å²) in [6.07, 6.45) is 2.28. The third-order valence-corrected chi connectivity index (χ3v) is 7.35. The zero-order valence-corrected chi connectivity index (χ0v) is 16.9. The highest BCUT2D eigenvalue weighted by Crippen LogP contribution is 2.22. The molecule has 6 nitrogen and oxygen atoms in total. The summed E-state index contributed by atoms with van der Waals surface area (Å²) in [5, 5.41) is 0. The molecule has 2 heterocycles. The number of hydrogen-bond donors (Lipinski definition) is 0. The molecule has 0 unspecified atom stereocenters. The molecule has 1 aliphatic heterocycles. The van der Waals surface area contributed by atoms with Crippen LogP contribution in [-0.4, -0.2) is 69.2 Å². The standard InChI is InChI=1S/C17H28N2O4S2/c1-14-13-16(15(2)24-14)5-4-6-17(20)18-7-9-19(10-8-18)25(21,22)12-11-23-3/h13H,4-12H2,1-3H3. The molecule has 1 aliphatic rings. The second-order valence-corrected chi connectivity index (χ2v) is 9.93. The van der Waals surface area contributed by atoms with Crippen molar-refractivity contribution in [3.05, 3.63) is 21.4 Å². The largest absolute Gasteiger partial charge is 0.384 e. The van der Waals surface area contributed by atoms with Crippen LogP contribution in [0.25, 0.3) is 0 Å². The zero-order valence-electron chi connectivity index (χ0n) is 15.3. The molecule has 0 spiro atoms. The molecule has 0 aliphatic carbocycles. The van der Waals surface area contributed by atoms with Gasteiger partial charge in [0, 0.05) is 49.5 Å². The molecular formula is C17H28N2O4S2. The fraction of sp³-hybridized carbons (Fsp3) is 0.706. The van der Waals surface area contributed by atoms with E-state index in [1.54, 1.807) is 16.2 Å². The maximum absolute atomic E-state index is 12.3. The minimum absolute atomic E-state index is 0.00312. The van der Waals surface area contributed by atoms with Gasteiger partial charge in [-0.3, -0.25) is 4.79 Å². The Balaban J connectivity index is 1.74.